The number of carbonyl (C=O) groups is 2. The third-order valence-electron chi connectivity index (χ3n) is 3.37. The van der Waals surface area contributed by atoms with E-state index in [0.717, 1.165) is 12.0 Å². The monoisotopic (exact) mass is 277 g/mol. The Hall–Kier alpha value is -1.88. The summed E-state index contributed by atoms with van der Waals surface area (Å²) in [6.07, 6.45) is 1.01. The van der Waals surface area contributed by atoms with Crippen LogP contribution in [0.1, 0.15) is 25.0 Å². The van der Waals surface area contributed by atoms with Crippen LogP contribution in [0.3, 0.4) is 0 Å². The Morgan fingerprint density at radius 2 is 1.75 bits per heavy atom. The Labute approximate surface area is 120 Å². The zero-order chi connectivity index (χ0) is 15.1. The molecule has 1 atom stereocenters. The average molecular weight is 277 g/mol. The predicted molar refractivity (Wildman–Crippen MR) is 79.3 cm³/mol. The highest BCUT2D eigenvalue weighted by atomic mass is 16.2. The molecule has 5 heteroatoms. The highest BCUT2D eigenvalue weighted by Crippen LogP contribution is 2.09. The summed E-state index contributed by atoms with van der Waals surface area (Å²) in [5.74, 6) is -0.308. The molecule has 0 spiro atoms. The summed E-state index contributed by atoms with van der Waals surface area (Å²) in [4.78, 5) is 24.8. The molecule has 0 aliphatic carbocycles. The first kappa shape index (κ1) is 16.2. The average Bonchev–Trinajstić information content (AvgIpc) is 2.46. The van der Waals surface area contributed by atoms with Gasteiger partial charge in [0.05, 0.1) is 6.04 Å². The van der Waals surface area contributed by atoms with E-state index in [1.54, 1.807) is 6.92 Å². The number of likely N-dealkylation sites (N-methyl/N-ethyl adjacent to an activating group) is 1. The molecular formula is C15H23N3O2. The van der Waals surface area contributed by atoms with Crippen LogP contribution in [0.25, 0.3) is 0 Å². The van der Waals surface area contributed by atoms with Crippen LogP contribution in [0, 0.1) is 0 Å². The van der Waals surface area contributed by atoms with Gasteiger partial charge in [-0.3, -0.25) is 15.0 Å². The van der Waals surface area contributed by atoms with E-state index in [-0.39, 0.29) is 11.9 Å². The molecule has 0 aliphatic rings. The number of amides is 3. The Kier molecular flexibility index (Phi) is 6.18. The first-order valence-corrected chi connectivity index (χ1v) is 6.78. The summed E-state index contributed by atoms with van der Waals surface area (Å²) in [5, 5.41) is 4.65. The maximum atomic E-state index is 11.8. The number of imide groups is 1. The van der Waals surface area contributed by atoms with Crippen LogP contribution in [0.5, 0.6) is 0 Å². The zero-order valence-electron chi connectivity index (χ0n) is 12.6. The quantitative estimate of drug-likeness (QED) is 0.858. The fraction of sp³-hybridized carbons (Fsp3) is 0.467. The van der Waals surface area contributed by atoms with Crippen LogP contribution in [0.2, 0.25) is 0 Å². The highest BCUT2D eigenvalue weighted by Gasteiger charge is 2.19. The van der Waals surface area contributed by atoms with Crippen molar-refractivity contribution in [3.8, 4) is 0 Å². The van der Waals surface area contributed by atoms with Crippen molar-refractivity contribution in [1.29, 1.82) is 0 Å². The molecule has 0 bridgehead atoms. The lowest BCUT2D eigenvalue weighted by atomic mass is 10.1. The molecule has 1 rings (SSSR count). The van der Waals surface area contributed by atoms with Crippen molar-refractivity contribution in [3.05, 3.63) is 35.4 Å². The molecule has 110 valence electrons. The molecule has 0 aliphatic heterocycles. The fourth-order valence-corrected chi connectivity index (χ4v) is 1.78. The molecule has 0 heterocycles. The van der Waals surface area contributed by atoms with Crippen LogP contribution < -0.4 is 10.6 Å². The minimum absolute atomic E-state index is 0.308. The second-order valence-corrected chi connectivity index (χ2v) is 4.83. The number of benzene rings is 1. The van der Waals surface area contributed by atoms with Gasteiger partial charge in [0.1, 0.15) is 0 Å². The molecule has 5 nitrogen and oxygen atoms in total. The first-order valence-electron chi connectivity index (χ1n) is 6.78. The van der Waals surface area contributed by atoms with Crippen LogP contribution >= 0.6 is 0 Å². The van der Waals surface area contributed by atoms with Crippen molar-refractivity contribution < 1.29 is 9.59 Å². The molecule has 1 aromatic rings. The molecule has 1 unspecified atom stereocenters. The second-order valence-electron chi connectivity index (χ2n) is 4.83. The van der Waals surface area contributed by atoms with Gasteiger partial charge in [-0.15, -0.1) is 0 Å². The van der Waals surface area contributed by atoms with Crippen molar-refractivity contribution in [2.75, 3.05) is 14.1 Å². The lowest BCUT2D eigenvalue weighted by Crippen LogP contribution is -2.47. The molecule has 20 heavy (non-hydrogen) atoms. The number of rotatable bonds is 5. The molecule has 0 saturated carbocycles. The van der Waals surface area contributed by atoms with Gasteiger partial charge in [-0.2, -0.15) is 0 Å². The number of carbonyl (C=O) groups excluding carboxylic acids is 2. The van der Waals surface area contributed by atoms with Crippen molar-refractivity contribution in [1.82, 2.24) is 15.5 Å². The Morgan fingerprint density at radius 3 is 2.25 bits per heavy atom. The number of aryl methyl sites for hydroxylation is 1. The number of hydrogen-bond acceptors (Lipinski definition) is 3. The van der Waals surface area contributed by atoms with Crippen molar-refractivity contribution in [2.24, 2.45) is 0 Å². The van der Waals surface area contributed by atoms with Gasteiger partial charge >= 0.3 is 6.03 Å². The van der Waals surface area contributed by atoms with Gasteiger partial charge in [-0.05, 0) is 31.5 Å². The Morgan fingerprint density at radius 1 is 1.20 bits per heavy atom. The molecule has 0 saturated heterocycles. The molecule has 2 N–H and O–H groups in total. The van der Waals surface area contributed by atoms with Gasteiger partial charge in [0.2, 0.25) is 5.91 Å². The molecule has 3 amide bonds. The third-order valence-corrected chi connectivity index (χ3v) is 3.37. The molecule has 0 radical (unpaired) electrons. The van der Waals surface area contributed by atoms with Gasteiger partial charge in [0.15, 0.2) is 0 Å². The molecule has 1 aromatic carbocycles. The lowest BCUT2D eigenvalue weighted by molar-refractivity contribution is -0.124. The van der Waals surface area contributed by atoms with Gasteiger partial charge in [0, 0.05) is 13.6 Å². The normalized spacial score (nSPS) is 12.1. The maximum absolute atomic E-state index is 11.8. The standard InChI is InChI=1S/C15H23N3O2/c1-5-12-6-8-13(9-7-12)10-18(4)11(2)14(19)17-15(20)16-3/h6-9,11H,5,10H2,1-4H3,(H2,16,17,19,20). The Bertz CT molecular complexity index is 457. The Balaban J connectivity index is 2.57. The van der Waals surface area contributed by atoms with Gasteiger partial charge in [0.25, 0.3) is 0 Å². The van der Waals surface area contributed by atoms with E-state index in [0.29, 0.717) is 6.54 Å². The summed E-state index contributed by atoms with van der Waals surface area (Å²) in [6.45, 7) is 4.55. The van der Waals surface area contributed by atoms with Crippen LogP contribution in [0.4, 0.5) is 4.79 Å². The first-order chi connectivity index (χ1) is 9.47. The molecule has 0 fully saturated rings. The predicted octanol–water partition coefficient (Wildman–Crippen LogP) is 1.52. The fourth-order valence-electron chi connectivity index (χ4n) is 1.78. The lowest BCUT2D eigenvalue weighted by Gasteiger charge is -2.23. The highest BCUT2D eigenvalue weighted by molar-refractivity contribution is 5.96. The topological polar surface area (TPSA) is 61.4 Å². The summed E-state index contributed by atoms with van der Waals surface area (Å²) < 4.78 is 0. The summed E-state index contributed by atoms with van der Waals surface area (Å²) in [6, 6.07) is 7.47. The SMILES string of the molecule is CCc1ccc(CN(C)C(C)C(=O)NC(=O)NC)cc1. The van der Waals surface area contributed by atoms with E-state index in [4.69, 9.17) is 0 Å². The second kappa shape index (κ2) is 7.65. The van der Waals surface area contributed by atoms with Crippen LogP contribution in [0.15, 0.2) is 24.3 Å². The van der Waals surface area contributed by atoms with Crippen LogP contribution in [-0.2, 0) is 17.8 Å². The maximum Gasteiger partial charge on any atom is 0.321 e. The van der Waals surface area contributed by atoms with Crippen molar-refractivity contribution in [3.63, 3.8) is 0 Å². The zero-order valence-corrected chi connectivity index (χ0v) is 12.6. The third kappa shape index (κ3) is 4.66. The number of hydrogen-bond donors (Lipinski definition) is 2. The minimum Gasteiger partial charge on any atom is -0.341 e. The van der Waals surface area contributed by atoms with Gasteiger partial charge < -0.3 is 5.32 Å². The summed E-state index contributed by atoms with van der Waals surface area (Å²) in [5.41, 5.74) is 2.44. The van der Waals surface area contributed by atoms with Gasteiger partial charge in [-0.25, -0.2) is 4.79 Å². The minimum atomic E-state index is -0.484. The van der Waals surface area contributed by atoms with Crippen LogP contribution in [-0.4, -0.2) is 37.0 Å². The van der Waals surface area contributed by atoms with E-state index < -0.39 is 6.03 Å². The molecular weight excluding hydrogens is 254 g/mol. The van der Waals surface area contributed by atoms with Crippen molar-refractivity contribution >= 4 is 11.9 Å². The summed E-state index contributed by atoms with van der Waals surface area (Å²) in [7, 11) is 3.34. The number of nitrogens with zero attached hydrogens (tertiary/aromatic N) is 1. The van der Waals surface area contributed by atoms with E-state index in [9.17, 15) is 9.59 Å². The summed E-state index contributed by atoms with van der Waals surface area (Å²) >= 11 is 0. The largest absolute Gasteiger partial charge is 0.341 e. The van der Waals surface area contributed by atoms with E-state index in [2.05, 4.69) is 41.8 Å². The number of urea groups is 1. The smallest absolute Gasteiger partial charge is 0.321 e. The van der Waals surface area contributed by atoms with Gasteiger partial charge in [-0.1, -0.05) is 31.2 Å². The molecule has 0 aromatic heterocycles. The van der Waals surface area contributed by atoms with E-state index in [1.165, 1.54) is 12.6 Å². The van der Waals surface area contributed by atoms with E-state index in [1.807, 2.05) is 11.9 Å². The van der Waals surface area contributed by atoms with E-state index >= 15 is 0 Å². The number of nitrogens with one attached hydrogen (secondary N) is 2. The van der Waals surface area contributed by atoms with Crippen molar-refractivity contribution in [2.45, 2.75) is 32.9 Å².